The van der Waals surface area contributed by atoms with Gasteiger partial charge < -0.3 is 5.73 Å². The van der Waals surface area contributed by atoms with Crippen molar-refractivity contribution in [2.24, 2.45) is 12.8 Å². The molecular weight excluding hydrogens is 278 g/mol. The van der Waals surface area contributed by atoms with Crippen molar-refractivity contribution >= 4 is 22.7 Å². The summed E-state index contributed by atoms with van der Waals surface area (Å²) >= 11 is 3.18. The Bertz CT molecular complexity index is 681. The number of nitrogens with two attached hydrogens (primary N) is 1. The van der Waals surface area contributed by atoms with Crippen LogP contribution < -0.4 is 5.73 Å². The van der Waals surface area contributed by atoms with Crippen LogP contribution in [0.1, 0.15) is 18.0 Å². The van der Waals surface area contributed by atoms with Crippen molar-refractivity contribution in [2.75, 3.05) is 0 Å². The summed E-state index contributed by atoms with van der Waals surface area (Å²) in [6, 6.07) is 3.95. The smallest absolute Gasteiger partial charge is 0.191 e. The molecule has 3 aromatic rings. The number of thiophene rings is 1. The van der Waals surface area contributed by atoms with Gasteiger partial charge in [-0.1, -0.05) is 6.07 Å². The van der Waals surface area contributed by atoms with E-state index >= 15 is 0 Å². The number of rotatable bonds is 3. The van der Waals surface area contributed by atoms with Crippen LogP contribution in [0, 0.1) is 0 Å². The summed E-state index contributed by atoms with van der Waals surface area (Å²) in [6.45, 7) is 1.93. The highest BCUT2D eigenvalue weighted by Gasteiger charge is 2.15. The molecule has 5 nitrogen and oxygen atoms in total. The molecule has 0 amide bonds. The number of thiazole rings is 1. The van der Waals surface area contributed by atoms with Gasteiger partial charge in [0.25, 0.3) is 0 Å². The molecule has 98 valence electrons. The van der Waals surface area contributed by atoms with Crippen molar-refractivity contribution in [3.63, 3.8) is 0 Å². The Hall–Kier alpha value is -1.57. The molecule has 0 aliphatic rings. The van der Waals surface area contributed by atoms with Crippen molar-refractivity contribution in [3.8, 4) is 22.2 Å². The Morgan fingerprint density at radius 2 is 2.16 bits per heavy atom. The van der Waals surface area contributed by atoms with E-state index in [0.29, 0.717) is 0 Å². The summed E-state index contributed by atoms with van der Waals surface area (Å²) in [5.74, 6) is 1.51. The summed E-state index contributed by atoms with van der Waals surface area (Å²) in [5, 5.41) is 9.34. The number of aryl methyl sites for hydroxylation is 1. The highest BCUT2D eigenvalue weighted by molar-refractivity contribution is 7.13. The SMILES string of the molecule is CC(N)c1nc(-c2nc(-c3cccs3)nn2C)cs1. The topological polar surface area (TPSA) is 69.6 Å². The molecule has 0 aromatic carbocycles. The molecule has 0 saturated carbocycles. The molecule has 3 aromatic heterocycles. The zero-order valence-electron chi connectivity index (χ0n) is 10.6. The monoisotopic (exact) mass is 291 g/mol. The lowest BCUT2D eigenvalue weighted by Gasteiger charge is -1.97. The lowest BCUT2D eigenvalue weighted by atomic mass is 10.4. The van der Waals surface area contributed by atoms with Crippen LogP contribution in [0.5, 0.6) is 0 Å². The number of aromatic nitrogens is 4. The van der Waals surface area contributed by atoms with Crippen molar-refractivity contribution < 1.29 is 0 Å². The molecule has 0 radical (unpaired) electrons. The molecule has 0 saturated heterocycles. The molecular formula is C12H13N5S2. The normalized spacial score (nSPS) is 12.8. The Labute approximate surface area is 118 Å². The fourth-order valence-electron chi connectivity index (χ4n) is 1.72. The first-order chi connectivity index (χ1) is 9.15. The van der Waals surface area contributed by atoms with Gasteiger partial charge in [0.2, 0.25) is 0 Å². The summed E-state index contributed by atoms with van der Waals surface area (Å²) in [7, 11) is 1.88. The van der Waals surface area contributed by atoms with Crippen LogP contribution in [0.25, 0.3) is 22.2 Å². The number of hydrogen-bond acceptors (Lipinski definition) is 6. The fraction of sp³-hybridized carbons (Fsp3) is 0.250. The van der Waals surface area contributed by atoms with Gasteiger partial charge in [0.05, 0.1) is 10.9 Å². The molecule has 0 aliphatic carbocycles. The Balaban J connectivity index is 2.01. The molecule has 0 aliphatic heterocycles. The molecule has 1 unspecified atom stereocenters. The van der Waals surface area contributed by atoms with E-state index in [1.54, 1.807) is 27.4 Å². The minimum absolute atomic E-state index is 0.0521. The third kappa shape index (κ3) is 2.32. The summed E-state index contributed by atoms with van der Waals surface area (Å²) < 4.78 is 1.76. The highest BCUT2D eigenvalue weighted by Crippen LogP contribution is 2.27. The molecule has 19 heavy (non-hydrogen) atoms. The van der Waals surface area contributed by atoms with Gasteiger partial charge in [0.15, 0.2) is 11.6 Å². The van der Waals surface area contributed by atoms with Gasteiger partial charge >= 0.3 is 0 Å². The zero-order valence-corrected chi connectivity index (χ0v) is 12.2. The Kier molecular flexibility index (Phi) is 3.17. The van der Waals surface area contributed by atoms with Gasteiger partial charge in [0, 0.05) is 12.4 Å². The van der Waals surface area contributed by atoms with Gasteiger partial charge in [-0.05, 0) is 18.4 Å². The average molecular weight is 291 g/mol. The van der Waals surface area contributed by atoms with Crippen LogP contribution in [0.15, 0.2) is 22.9 Å². The summed E-state index contributed by atoms with van der Waals surface area (Å²) in [6.07, 6.45) is 0. The van der Waals surface area contributed by atoms with E-state index in [2.05, 4.69) is 15.1 Å². The van der Waals surface area contributed by atoms with E-state index in [-0.39, 0.29) is 6.04 Å². The van der Waals surface area contributed by atoms with Crippen molar-refractivity contribution in [1.29, 1.82) is 0 Å². The second-order valence-corrected chi connectivity index (χ2v) is 6.06. The summed E-state index contributed by atoms with van der Waals surface area (Å²) in [4.78, 5) is 10.1. The van der Waals surface area contributed by atoms with E-state index in [4.69, 9.17) is 5.73 Å². The van der Waals surface area contributed by atoms with Crippen molar-refractivity contribution in [3.05, 3.63) is 27.9 Å². The van der Waals surface area contributed by atoms with Crippen LogP contribution >= 0.6 is 22.7 Å². The summed E-state index contributed by atoms with van der Waals surface area (Å²) in [5.41, 5.74) is 6.66. The number of hydrogen-bond donors (Lipinski definition) is 1. The van der Waals surface area contributed by atoms with Gasteiger partial charge in [0.1, 0.15) is 10.7 Å². The van der Waals surface area contributed by atoms with Crippen LogP contribution in [0.3, 0.4) is 0 Å². The van der Waals surface area contributed by atoms with Crippen LogP contribution in [0.4, 0.5) is 0 Å². The predicted molar refractivity (Wildman–Crippen MR) is 78.0 cm³/mol. The van der Waals surface area contributed by atoms with Crippen molar-refractivity contribution in [1.82, 2.24) is 19.7 Å². The zero-order chi connectivity index (χ0) is 13.4. The third-order valence-corrected chi connectivity index (χ3v) is 4.56. The highest BCUT2D eigenvalue weighted by atomic mass is 32.1. The largest absolute Gasteiger partial charge is 0.322 e. The maximum atomic E-state index is 5.83. The van der Waals surface area contributed by atoms with E-state index in [1.807, 2.05) is 36.9 Å². The molecule has 0 bridgehead atoms. The Morgan fingerprint density at radius 3 is 2.79 bits per heavy atom. The second-order valence-electron chi connectivity index (χ2n) is 4.22. The maximum absolute atomic E-state index is 5.83. The van der Waals surface area contributed by atoms with Gasteiger partial charge in [-0.2, -0.15) is 0 Å². The second kappa shape index (κ2) is 4.84. The lowest BCUT2D eigenvalue weighted by molar-refractivity contribution is 0.770. The molecule has 2 N–H and O–H groups in total. The van der Waals surface area contributed by atoms with E-state index < -0.39 is 0 Å². The third-order valence-electron chi connectivity index (χ3n) is 2.65. The van der Waals surface area contributed by atoms with Crippen LogP contribution in [0.2, 0.25) is 0 Å². The Morgan fingerprint density at radius 1 is 1.32 bits per heavy atom. The first-order valence-corrected chi connectivity index (χ1v) is 7.57. The minimum atomic E-state index is -0.0521. The number of nitrogens with zero attached hydrogens (tertiary/aromatic N) is 4. The van der Waals surface area contributed by atoms with Gasteiger partial charge in [-0.15, -0.1) is 27.8 Å². The molecule has 0 fully saturated rings. The molecule has 3 heterocycles. The van der Waals surface area contributed by atoms with E-state index in [1.165, 1.54) is 0 Å². The van der Waals surface area contributed by atoms with Crippen molar-refractivity contribution in [2.45, 2.75) is 13.0 Å². The van der Waals surface area contributed by atoms with Crippen LogP contribution in [-0.2, 0) is 7.05 Å². The minimum Gasteiger partial charge on any atom is -0.322 e. The van der Waals surface area contributed by atoms with E-state index in [0.717, 1.165) is 27.2 Å². The standard InChI is InChI=1S/C12H13N5S2/c1-7(13)12-14-8(6-19-12)11-15-10(16-17(11)2)9-4-3-5-18-9/h3-7H,13H2,1-2H3. The predicted octanol–water partition coefficient (Wildman–Crippen LogP) is 2.69. The molecule has 0 spiro atoms. The average Bonchev–Trinajstić information content (AvgIpc) is 3.08. The molecule has 1 atom stereocenters. The quantitative estimate of drug-likeness (QED) is 0.805. The maximum Gasteiger partial charge on any atom is 0.191 e. The molecule has 3 rings (SSSR count). The van der Waals surface area contributed by atoms with Gasteiger partial charge in [-0.3, -0.25) is 0 Å². The first-order valence-electron chi connectivity index (χ1n) is 5.81. The lowest BCUT2D eigenvalue weighted by Crippen LogP contribution is -2.04. The fourth-order valence-corrected chi connectivity index (χ4v) is 3.13. The van der Waals surface area contributed by atoms with E-state index in [9.17, 15) is 0 Å². The van der Waals surface area contributed by atoms with Gasteiger partial charge in [-0.25, -0.2) is 14.6 Å². The molecule has 7 heteroatoms. The van der Waals surface area contributed by atoms with Crippen LogP contribution in [-0.4, -0.2) is 19.7 Å². The first kappa shape index (κ1) is 12.5.